The summed E-state index contributed by atoms with van der Waals surface area (Å²) in [6.07, 6.45) is 8.71. The molecule has 0 bridgehead atoms. The molecule has 0 unspecified atom stereocenters. The highest BCUT2D eigenvalue weighted by atomic mass is 79.9. The van der Waals surface area contributed by atoms with Crippen molar-refractivity contribution in [3.8, 4) is 11.1 Å². The lowest BCUT2D eigenvalue weighted by atomic mass is 10.1. The topological polar surface area (TPSA) is 48.1 Å². The summed E-state index contributed by atoms with van der Waals surface area (Å²) in [5.41, 5.74) is 4.65. The van der Waals surface area contributed by atoms with Crippen LogP contribution in [0.5, 0.6) is 0 Å². The SMILES string of the molecule is Cc1nc(Br)cc2c(-c3cnn(COCC[Si](C)(C)C)c3)cn(C3CCN(C)CC3)c12. The molecule has 3 aromatic heterocycles. The largest absolute Gasteiger partial charge is 0.360 e. The summed E-state index contributed by atoms with van der Waals surface area (Å²) in [7, 11) is 1.13. The van der Waals surface area contributed by atoms with Crippen molar-refractivity contribution in [1.29, 1.82) is 0 Å². The Morgan fingerprint density at radius 2 is 1.94 bits per heavy atom. The summed E-state index contributed by atoms with van der Waals surface area (Å²) in [5.74, 6) is 0. The fourth-order valence-corrected chi connectivity index (χ4v) is 5.58. The van der Waals surface area contributed by atoms with Crippen LogP contribution in [-0.2, 0) is 11.5 Å². The molecule has 3 aromatic rings. The van der Waals surface area contributed by atoms with Crippen molar-refractivity contribution in [2.24, 2.45) is 0 Å². The molecule has 6 nitrogen and oxygen atoms in total. The maximum atomic E-state index is 5.89. The third-order valence-electron chi connectivity index (χ3n) is 6.20. The van der Waals surface area contributed by atoms with E-state index in [9.17, 15) is 0 Å². The highest BCUT2D eigenvalue weighted by Gasteiger charge is 2.23. The fourth-order valence-electron chi connectivity index (χ4n) is 4.33. The number of hydrogen-bond donors (Lipinski definition) is 0. The lowest BCUT2D eigenvalue weighted by molar-refractivity contribution is 0.0786. The number of aromatic nitrogens is 4. The van der Waals surface area contributed by atoms with Gasteiger partial charge in [0.2, 0.25) is 0 Å². The smallest absolute Gasteiger partial charge is 0.139 e. The Bertz CT molecular complexity index is 1050. The molecule has 168 valence electrons. The first kappa shape index (κ1) is 22.7. The average Bonchev–Trinajstić information content (AvgIpc) is 3.30. The van der Waals surface area contributed by atoms with Crippen molar-refractivity contribution in [1.82, 2.24) is 24.2 Å². The Morgan fingerprint density at radius 1 is 1.19 bits per heavy atom. The summed E-state index contributed by atoms with van der Waals surface area (Å²) in [4.78, 5) is 7.12. The number of fused-ring (bicyclic) bond motifs is 1. The second-order valence-electron chi connectivity index (χ2n) is 10.0. The Balaban J connectivity index is 1.61. The van der Waals surface area contributed by atoms with Crippen molar-refractivity contribution in [3.05, 3.63) is 35.0 Å². The molecule has 0 aromatic carbocycles. The Kier molecular flexibility index (Phi) is 6.72. The minimum Gasteiger partial charge on any atom is -0.360 e. The molecule has 1 saturated heterocycles. The van der Waals surface area contributed by atoms with E-state index in [0.29, 0.717) is 12.8 Å². The lowest BCUT2D eigenvalue weighted by Gasteiger charge is -2.30. The highest BCUT2D eigenvalue weighted by Crippen LogP contribution is 2.37. The van der Waals surface area contributed by atoms with Crippen molar-refractivity contribution in [3.63, 3.8) is 0 Å². The number of piperidine rings is 1. The van der Waals surface area contributed by atoms with Gasteiger partial charge in [0, 0.05) is 49.6 Å². The van der Waals surface area contributed by atoms with Crippen LogP contribution in [0.4, 0.5) is 0 Å². The number of nitrogens with zero attached hydrogens (tertiary/aromatic N) is 5. The minimum atomic E-state index is -1.07. The van der Waals surface area contributed by atoms with Gasteiger partial charge in [-0.25, -0.2) is 9.67 Å². The van der Waals surface area contributed by atoms with Gasteiger partial charge in [0.15, 0.2) is 0 Å². The van der Waals surface area contributed by atoms with E-state index in [1.165, 1.54) is 35.4 Å². The van der Waals surface area contributed by atoms with E-state index in [0.717, 1.165) is 35.6 Å². The number of hydrogen-bond acceptors (Lipinski definition) is 4. The van der Waals surface area contributed by atoms with Crippen LogP contribution >= 0.6 is 15.9 Å². The van der Waals surface area contributed by atoms with Crippen molar-refractivity contribution in [2.45, 2.75) is 58.2 Å². The van der Waals surface area contributed by atoms with E-state index >= 15 is 0 Å². The van der Waals surface area contributed by atoms with Crippen LogP contribution in [0.25, 0.3) is 22.0 Å². The van der Waals surface area contributed by atoms with Gasteiger partial charge in [-0.1, -0.05) is 19.6 Å². The molecule has 1 aliphatic rings. The van der Waals surface area contributed by atoms with Gasteiger partial charge in [0.05, 0.1) is 17.4 Å². The molecule has 1 aliphatic heterocycles. The van der Waals surface area contributed by atoms with Crippen LogP contribution in [-0.4, -0.2) is 59.0 Å². The molecule has 1 fully saturated rings. The average molecular weight is 505 g/mol. The zero-order valence-electron chi connectivity index (χ0n) is 19.4. The molecule has 0 spiro atoms. The van der Waals surface area contributed by atoms with Crippen LogP contribution in [0.2, 0.25) is 25.7 Å². The summed E-state index contributed by atoms with van der Waals surface area (Å²) in [6.45, 7) is 12.8. The Labute approximate surface area is 194 Å². The quantitative estimate of drug-likeness (QED) is 0.241. The maximum Gasteiger partial charge on any atom is 0.139 e. The molecule has 4 rings (SSSR count). The van der Waals surface area contributed by atoms with Crippen LogP contribution in [0, 0.1) is 6.92 Å². The van der Waals surface area contributed by atoms with Gasteiger partial charge in [-0.15, -0.1) is 0 Å². The number of ether oxygens (including phenoxy) is 1. The van der Waals surface area contributed by atoms with Gasteiger partial charge in [-0.2, -0.15) is 5.10 Å². The number of likely N-dealkylation sites (tertiary alicyclic amines) is 1. The fraction of sp³-hybridized carbons (Fsp3) is 0.565. The first-order valence-corrected chi connectivity index (χ1v) is 15.7. The molecule has 0 aliphatic carbocycles. The third-order valence-corrected chi connectivity index (χ3v) is 8.31. The zero-order chi connectivity index (χ0) is 22.2. The molecule has 0 amide bonds. The van der Waals surface area contributed by atoms with Gasteiger partial charge < -0.3 is 14.2 Å². The molecule has 0 atom stereocenters. The zero-order valence-corrected chi connectivity index (χ0v) is 21.9. The molecule has 4 heterocycles. The summed E-state index contributed by atoms with van der Waals surface area (Å²) in [6, 6.07) is 3.82. The molecular formula is C23H34BrN5OSi. The van der Waals surface area contributed by atoms with Crippen molar-refractivity contribution >= 4 is 34.9 Å². The molecule has 0 saturated carbocycles. The second kappa shape index (κ2) is 9.17. The molecule has 0 N–H and O–H groups in total. The van der Waals surface area contributed by atoms with E-state index in [1.807, 2.05) is 10.9 Å². The standard InChI is InChI=1S/C23H34BrN5OSi/c1-17-23-20(12-22(24)26-17)21(15-29(23)19-6-8-27(2)9-7-19)18-13-25-28(14-18)16-30-10-11-31(3,4)5/h12-15,19H,6-11,16H2,1-5H3. The number of pyridine rings is 1. The van der Waals surface area contributed by atoms with Crippen molar-refractivity contribution < 1.29 is 4.74 Å². The summed E-state index contributed by atoms with van der Waals surface area (Å²) < 4.78 is 11.1. The van der Waals surface area contributed by atoms with Gasteiger partial charge in [0.25, 0.3) is 0 Å². The van der Waals surface area contributed by atoms with Gasteiger partial charge in [-0.3, -0.25) is 0 Å². The van der Waals surface area contributed by atoms with E-state index in [4.69, 9.17) is 9.72 Å². The van der Waals surface area contributed by atoms with Gasteiger partial charge >= 0.3 is 0 Å². The van der Waals surface area contributed by atoms with E-state index < -0.39 is 8.07 Å². The maximum absolute atomic E-state index is 5.89. The van der Waals surface area contributed by atoms with Gasteiger partial charge in [-0.05, 0) is 67.9 Å². The number of rotatable bonds is 7. The Morgan fingerprint density at radius 3 is 2.65 bits per heavy atom. The predicted octanol–water partition coefficient (Wildman–Crippen LogP) is 5.55. The highest BCUT2D eigenvalue weighted by molar-refractivity contribution is 9.10. The van der Waals surface area contributed by atoms with Crippen LogP contribution in [0.15, 0.2) is 29.3 Å². The first-order valence-electron chi connectivity index (χ1n) is 11.2. The summed E-state index contributed by atoms with van der Waals surface area (Å²) in [5, 5.41) is 5.80. The third kappa shape index (κ3) is 5.30. The lowest BCUT2D eigenvalue weighted by Crippen LogP contribution is -2.31. The number of halogens is 1. The number of aryl methyl sites for hydroxylation is 1. The predicted molar refractivity (Wildman–Crippen MR) is 133 cm³/mol. The minimum absolute atomic E-state index is 0.502. The van der Waals surface area contributed by atoms with Crippen molar-refractivity contribution in [2.75, 3.05) is 26.7 Å². The van der Waals surface area contributed by atoms with Crippen LogP contribution < -0.4 is 0 Å². The molecule has 8 heteroatoms. The molecular weight excluding hydrogens is 470 g/mol. The van der Waals surface area contributed by atoms with Crippen LogP contribution in [0.1, 0.15) is 24.6 Å². The van der Waals surface area contributed by atoms with E-state index in [1.54, 1.807) is 0 Å². The molecule has 0 radical (unpaired) electrons. The van der Waals surface area contributed by atoms with Gasteiger partial charge in [0.1, 0.15) is 11.3 Å². The van der Waals surface area contributed by atoms with E-state index in [2.05, 4.69) is 82.6 Å². The normalized spacial score (nSPS) is 16.5. The summed E-state index contributed by atoms with van der Waals surface area (Å²) >= 11 is 3.60. The first-order chi connectivity index (χ1) is 14.7. The molecule has 31 heavy (non-hydrogen) atoms. The second-order valence-corrected chi connectivity index (χ2v) is 16.5. The monoisotopic (exact) mass is 503 g/mol. The van der Waals surface area contributed by atoms with E-state index in [-0.39, 0.29) is 0 Å². The van der Waals surface area contributed by atoms with Crippen LogP contribution in [0.3, 0.4) is 0 Å². The Hall–Kier alpha value is -1.48.